The summed E-state index contributed by atoms with van der Waals surface area (Å²) < 4.78 is 22.6. The Morgan fingerprint density at radius 3 is 2.79 bits per heavy atom. The topological polar surface area (TPSA) is 81.6 Å². The van der Waals surface area contributed by atoms with Crippen LogP contribution in [0.4, 0.5) is 11.4 Å². The zero-order valence-corrected chi connectivity index (χ0v) is 23.9. The fourth-order valence-corrected chi connectivity index (χ4v) is 5.40. The van der Waals surface area contributed by atoms with Gasteiger partial charge in [0.25, 0.3) is 5.91 Å². The van der Waals surface area contributed by atoms with Crippen LogP contribution in [0.25, 0.3) is 5.57 Å². The summed E-state index contributed by atoms with van der Waals surface area (Å²) >= 11 is 8.10. The van der Waals surface area contributed by atoms with Gasteiger partial charge in [-0.1, -0.05) is 18.2 Å². The smallest absolute Gasteiger partial charge is 0.258 e. The number of allylic oxidation sites excluding steroid dienone is 4. The lowest BCUT2D eigenvalue weighted by Gasteiger charge is -2.31. The molecule has 0 radical (unpaired) electrons. The molecule has 1 amide bonds. The van der Waals surface area contributed by atoms with E-state index in [1.165, 1.54) is 0 Å². The van der Waals surface area contributed by atoms with Crippen molar-refractivity contribution in [1.29, 1.82) is 0 Å². The molecule has 0 bridgehead atoms. The average molecular weight is 560 g/mol. The Balaban J connectivity index is 1.45. The first-order valence-electron chi connectivity index (χ1n) is 12.5. The number of thiophene rings is 1. The molecule has 0 saturated heterocycles. The number of alkyl halides is 1. The van der Waals surface area contributed by atoms with E-state index in [-0.39, 0.29) is 29.7 Å². The zero-order valence-electron chi connectivity index (χ0n) is 22.3. The highest BCUT2D eigenvalue weighted by atomic mass is 35.5. The molecule has 2 atom stereocenters. The molecule has 10 heteroatoms. The number of rotatable bonds is 11. The molecule has 0 spiro atoms. The molecule has 2 unspecified atom stereocenters. The minimum absolute atomic E-state index is 0.122. The molecule has 2 heterocycles. The second-order valence-electron chi connectivity index (χ2n) is 9.47. The van der Waals surface area contributed by atoms with E-state index in [0.29, 0.717) is 24.7 Å². The maximum absolute atomic E-state index is 12.1. The highest BCUT2D eigenvalue weighted by Gasteiger charge is 2.30. The Bertz CT molecular complexity index is 1240. The van der Waals surface area contributed by atoms with Crippen LogP contribution in [-0.4, -0.2) is 57.2 Å². The van der Waals surface area contributed by atoms with Crippen molar-refractivity contribution in [3.8, 4) is 11.5 Å². The number of nitrogens with zero attached hydrogens (tertiary/aromatic N) is 2. The number of carbonyl (C=O) groups is 1. The molecule has 8 nitrogen and oxygen atoms in total. The Kier molecular flexibility index (Phi) is 9.15. The summed E-state index contributed by atoms with van der Waals surface area (Å²) in [5.41, 5.74) is 2.84. The second-order valence-corrected chi connectivity index (χ2v) is 11.4. The van der Waals surface area contributed by atoms with Crippen LogP contribution in [0.1, 0.15) is 43.2 Å². The number of carbonyl (C=O) groups excluding carboxylic acids is 1. The van der Waals surface area contributed by atoms with Crippen LogP contribution in [0.15, 0.2) is 47.5 Å². The highest BCUT2D eigenvalue weighted by molar-refractivity contribution is 7.13. The normalized spacial score (nSPS) is 20.3. The maximum Gasteiger partial charge on any atom is 0.258 e. The summed E-state index contributed by atoms with van der Waals surface area (Å²) in [5, 5.41) is 2.78. The summed E-state index contributed by atoms with van der Waals surface area (Å²) in [6.45, 7) is 6.66. The lowest BCUT2D eigenvalue weighted by atomic mass is 9.97. The zero-order chi connectivity index (χ0) is 27.3. The van der Waals surface area contributed by atoms with Crippen LogP contribution < -0.4 is 19.7 Å². The molecule has 1 aromatic carbocycles. The molecule has 1 aromatic heterocycles. The van der Waals surface area contributed by atoms with E-state index in [1.54, 1.807) is 38.0 Å². The number of ether oxygens (including phenoxy) is 4. The first-order chi connectivity index (χ1) is 18.2. The maximum atomic E-state index is 12.1. The van der Waals surface area contributed by atoms with Crippen LogP contribution in [0.5, 0.6) is 11.5 Å². The van der Waals surface area contributed by atoms with Crippen LogP contribution in [0.2, 0.25) is 0 Å². The molecular formula is C28H34ClN3O5S. The number of hydrogen-bond acceptors (Lipinski definition) is 8. The van der Waals surface area contributed by atoms with Gasteiger partial charge in [0.2, 0.25) is 0 Å². The summed E-state index contributed by atoms with van der Waals surface area (Å²) in [6.07, 6.45) is 8.56. The number of methoxy groups -OCH3 is 2. The average Bonchev–Trinajstić information content (AvgIpc) is 3.33. The molecule has 2 aliphatic rings. The number of hydrogen-bond donors (Lipinski definition) is 1. The van der Waals surface area contributed by atoms with E-state index >= 15 is 0 Å². The lowest BCUT2D eigenvalue weighted by Crippen LogP contribution is -2.32. The van der Waals surface area contributed by atoms with Crippen LogP contribution in [0.3, 0.4) is 0 Å². The quantitative estimate of drug-likeness (QED) is 0.275. The van der Waals surface area contributed by atoms with Gasteiger partial charge in [-0.3, -0.25) is 4.79 Å². The van der Waals surface area contributed by atoms with Crippen molar-refractivity contribution in [2.75, 3.05) is 38.9 Å². The van der Waals surface area contributed by atoms with Gasteiger partial charge >= 0.3 is 0 Å². The van der Waals surface area contributed by atoms with Crippen molar-refractivity contribution >= 4 is 52.1 Å². The van der Waals surface area contributed by atoms with Gasteiger partial charge in [0, 0.05) is 30.3 Å². The first-order valence-corrected chi connectivity index (χ1v) is 13.7. The van der Waals surface area contributed by atoms with Gasteiger partial charge in [-0.15, -0.1) is 22.9 Å². The van der Waals surface area contributed by atoms with Gasteiger partial charge < -0.3 is 29.2 Å². The predicted molar refractivity (Wildman–Crippen MR) is 153 cm³/mol. The Hall–Kier alpha value is -2.85. The number of benzene rings is 1. The molecule has 1 aliphatic heterocycles. The van der Waals surface area contributed by atoms with E-state index in [2.05, 4.69) is 23.5 Å². The molecule has 204 valence electrons. The summed E-state index contributed by atoms with van der Waals surface area (Å²) in [6, 6.07) is 7.59. The van der Waals surface area contributed by atoms with Gasteiger partial charge in [0.15, 0.2) is 24.3 Å². The fraction of sp³-hybridized carbons (Fsp3) is 0.429. The van der Waals surface area contributed by atoms with Gasteiger partial charge in [0.1, 0.15) is 0 Å². The van der Waals surface area contributed by atoms with Gasteiger partial charge in [-0.25, -0.2) is 4.99 Å². The number of amides is 1. The van der Waals surface area contributed by atoms with E-state index in [4.69, 9.17) is 35.5 Å². The van der Waals surface area contributed by atoms with Gasteiger partial charge in [-0.2, -0.15) is 0 Å². The number of anilines is 1. The van der Waals surface area contributed by atoms with E-state index in [1.807, 2.05) is 43.9 Å². The molecule has 1 N–H and O–H groups in total. The first kappa shape index (κ1) is 28.2. The number of fused-ring (bicyclic) bond motifs is 1. The van der Waals surface area contributed by atoms with Crippen LogP contribution >= 0.6 is 22.9 Å². The van der Waals surface area contributed by atoms with Crippen molar-refractivity contribution in [3.05, 3.63) is 52.2 Å². The monoisotopic (exact) mass is 559 g/mol. The fourth-order valence-electron chi connectivity index (χ4n) is 4.06. The third kappa shape index (κ3) is 6.77. The second kappa shape index (κ2) is 12.3. The van der Waals surface area contributed by atoms with Gasteiger partial charge in [0.05, 0.1) is 41.6 Å². The van der Waals surface area contributed by atoms with Crippen molar-refractivity contribution in [3.63, 3.8) is 0 Å². The van der Waals surface area contributed by atoms with Crippen molar-refractivity contribution < 1.29 is 23.7 Å². The van der Waals surface area contributed by atoms with E-state index in [9.17, 15) is 4.79 Å². The lowest BCUT2D eigenvalue weighted by molar-refractivity contribution is -0.123. The standard InChI is InChI=1S/C28H34ClN3O5S/c1-18(2)36-13-12-30-25(33)16-37-22-7-6-20(14-23(22)34-4)32-17-31-21-15-24(38-26(21)27(32)35-5)19-8-10-28(3,29)11-9-19/h6-10,14-15,17-18,27H,11-13,16H2,1-5H3,(H,30,33). The number of aliphatic imine (C=N–C) groups is 1. The van der Waals surface area contributed by atoms with Crippen LogP contribution in [-0.2, 0) is 14.3 Å². The third-order valence-electron chi connectivity index (χ3n) is 6.06. The van der Waals surface area contributed by atoms with Gasteiger partial charge in [-0.05, 0) is 51.0 Å². The van der Waals surface area contributed by atoms with Crippen molar-refractivity contribution in [2.24, 2.45) is 4.99 Å². The van der Waals surface area contributed by atoms with E-state index < -0.39 is 0 Å². The number of nitrogens with one attached hydrogen (secondary N) is 1. The summed E-state index contributed by atoms with van der Waals surface area (Å²) in [4.78, 5) is 20.6. The predicted octanol–water partition coefficient (Wildman–Crippen LogP) is 5.84. The number of halogens is 1. The highest BCUT2D eigenvalue weighted by Crippen LogP contribution is 2.45. The Morgan fingerprint density at radius 2 is 2.11 bits per heavy atom. The van der Waals surface area contributed by atoms with E-state index in [0.717, 1.165) is 33.1 Å². The SMILES string of the molecule is COc1cc(N2C=Nc3cc(C4=CCC(C)(Cl)C=C4)sc3C2OC)ccc1OCC(=O)NCCOC(C)C. The minimum Gasteiger partial charge on any atom is -0.493 e. The summed E-state index contributed by atoms with van der Waals surface area (Å²) in [7, 11) is 3.24. The molecule has 2 aromatic rings. The van der Waals surface area contributed by atoms with Crippen LogP contribution in [0, 0.1) is 0 Å². The molecule has 0 fully saturated rings. The van der Waals surface area contributed by atoms with Crippen molar-refractivity contribution in [2.45, 2.75) is 44.4 Å². The Labute approximate surface area is 232 Å². The molecule has 38 heavy (non-hydrogen) atoms. The molecule has 1 aliphatic carbocycles. The molecule has 0 saturated carbocycles. The molecule has 4 rings (SSSR count). The molecular weight excluding hydrogens is 526 g/mol. The minimum atomic E-state index is -0.358. The largest absolute Gasteiger partial charge is 0.493 e. The third-order valence-corrected chi connectivity index (χ3v) is 7.54. The Morgan fingerprint density at radius 1 is 1.29 bits per heavy atom. The summed E-state index contributed by atoms with van der Waals surface area (Å²) in [5.74, 6) is 0.737. The van der Waals surface area contributed by atoms with Crippen molar-refractivity contribution in [1.82, 2.24) is 5.32 Å².